The average Bonchev–Trinajstić information content (AvgIpc) is 2.61. The molecule has 2 aliphatic carbocycles. The zero-order valence-electron chi connectivity index (χ0n) is 7.72. The lowest BCUT2D eigenvalue weighted by molar-refractivity contribution is 0.655. The molecule has 2 aliphatic rings. The fourth-order valence-electron chi connectivity index (χ4n) is 1.89. The Morgan fingerprint density at radius 1 is 1.25 bits per heavy atom. The van der Waals surface area contributed by atoms with Gasteiger partial charge in [-0.1, -0.05) is 12.8 Å². The molecule has 0 saturated heterocycles. The second kappa shape index (κ2) is 3.59. The average molecular weight is 185 g/mol. The van der Waals surface area contributed by atoms with Crippen molar-refractivity contribution in [3.63, 3.8) is 0 Å². The van der Waals surface area contributed by atoms with E-state index < -0.39 is 0 Å². The second-order valence-electron chi connectivity index (χ2n) is 4.39. The summed E-state index contributed by atoms with van der Waals surface area (Å²) in [5.41, 5.74) is 6.30. The topological polar surface area (TPSA) is 26.0 Å². The molecule has 0 aromatic rings. The molecule has 0 aromatic heterocycles. The third kappa shape index (κ3) is 2.40. The van der Waals surface area contributed by atoms with E-state index in [1.54, 1.807) is 0 Å². The molecule has 0 radical (unpaired) electrons. The Labute approximate surface area is 79.5 Å². The molecular weight excluding hydrogens is 166 g/mol. The zero-order chi connectivity index (χ0) is 8.44. The zero-order valence-corrected chi connectivity index (χ0v) is 8.54. The van der Waals surface area contributed by atoms with Crippen LogP contribution in [0.3, 0.4) is 0 Å². The Morgan fingerprint density at radius 3 is 2.50 bits per heavy atom. The standard InChI is InChI=1S/C10H19NS/c11-10(5-6-10)7-8-12-9-3-1-2-4-9/h9H,1-8,11H2. The summed E-state index contributed by atoms with van der Waals surface area (Å²) in [6, 6.07) is 0. The molecule has 0 amide bonds. The van der Waals surface area contributed by atoms with E-state index in [1.807, 2.05) is 0 Å². The summed E-state index contributed by atoms with van der Waals surface area (Å²) in [5.74, 6) is 1.31. The lowest BCUT2D eigenvalue weighted by Gasteiger charge is -2.11. The van der Waals surface area contributed by atoms with Gasteiger partial charge in [-0.05, 0) is 37.9 Å². The first-order valence-electron chi connectivity index (χ1n) is 5.19. The van der Waals surface area contributed by atoms with Crippen LogP contribution in [0, 0.1) is 0 Å². The Kier molecular flexibility index (Phi) is 2.66. The van der Waals surface area contributed by atoms with Crippen molar-refractivity contribution in [1.82, 2.24) is 0 Å². The van der Waals surface area contributed by atoms with E-state index in [-0.39, 0.29) is 5.54 Å². The SMILES string of the molecule is NC1(CCSC2CCCC2)CC1. The predicted molar refractivity (Wildman–Crippen MR) is 55.5 cm³/mol. The van der Waals surface area contributed by atoms with Crippen LogP contribution in [0.2, 0.25) is 0 Å². The minimum atomic E-state index is 0.283. The molecule has 2 N–H and O–H groups in total. The number of thioether (sulfide) groups is 1. The van der Waals surface area contributed by atoms with Crippen LogP contribution in [0.1, 0.15) is 44.9 Å². The Morgan fingerprint density at radius 2 is 1.92 bits per heavy atom. The van der Waals surface area contributed by atoms with Gasteiger partial charge < -0.3 is 5.73 Å². The van der Waals surface area contributed by atoms with Crippen LogP contribution in [0.25, 0.3) is 0 Å². The highest BCUT2D eigenvalue weighted by Gasteiger charge is 2.37. The summed E-state index contributed by atoms with van der Waals surface area (Å²) < 4.78 is 0. The van der Waals surface area contributed by atoms with E-state index in [2.05, 4.69) is 11.8 Å². The van der Waals surface area contributed by atoms with Gasteiger partial charge in [-0.3, -0.25) is 0 Å². The van der Waals surface area contributed by atoms with Gasteiger partial charge in [0.1, 0.15) is 0 Å². The van der Waals surface area contributed by atoms with Crippen molar-refractivity contribution >= 4 is 11.8 Å². The quantitative estimate of drug-likeness (QED) is 0.728. The van der Waals surface area contributed by atoms with Gasteiger partial charge in [0.15, 0.2) is 0 Å². The number of hydrogen-bond donors (Lipinski definition) is 1. The highest BCUT2D eigenvalue weighted by Crippen LogP contribution is 2.38. The van der Waals surface area contributed by atoms with Crippen LogP contribution in [0.5, 0.6) is 0 Å². The lowest BCUT2D eigenvalue weighted by Crippen LogP contribution is -2.22. The molecule has 0 aliphatic heterocycles. The molecule has 2 fully saturated rings. The highest BCUT2D eigenvalue weighted by atomic mass is 32.2. The molecule has 0 aromatic carbocycles. The monoisotopic (exact) mass is 185 g/mol. The van der Waals surface area contributed by atoms with Crippen molar-refractivity contribution in [2.24, 2.45) is 5.73 Å². The van der Waals surface area contributed by atoms with Crippen molar-refractivity contribution in [2.75, 3.05) is 5.75 Å². The van der Waals surface area contributed by atoms with Crippen molar-refractivity contribution in [1.29, 1.82) is 0 Å². The first kappa shape index (κ1) is 8.89. The van der Waals surface area contributed by atoms with Gasteiger partial charge in [-0.25, -0.2) is 0 Å². The van der Waals surface area contributed by atoms with E-state index in [1.165, 1.54) is 50.7 Å². The Balaban J connectivity index is 1.56. The van der Waals surface area contributed by atoms with Crippen molar-refractivity contribution in [3.8, 4) is 0 Å². The van der Waals surface area contributed by atoms with Gasteiger partial charge in [-0.15, -0.1) is 0 Å². The normalized spacial score (nSPS) is 27.8. The van der Waals surface area contributed by atoms with Crippen LogP contribution in [-0.4, -0.2) is 16.5 Å². The van der Waals surface area contributed by atoms with E-state index >= 15 is 0 Å². The van der Waals surface area contributed by atoms with E-state index in [4.69, 9.17) is 5.73 Å². The van der Waals surface area contributed by atoms with Gasteiger partial charge in [0.25, 0.3) is 0 Å². The van der Waals surface area contributed by atoms with Crippen LogP contribution in [0.15, 0.2) is 0 Å². The largest absolute Gasteiger partial charge is 0.325 e. The first-order chi connectivity index (χ1) is 5.79. The molecule has 0 atom stereocenters. The maximum Gasteiger partial charge on any atom is 0.0163 e. The molecule has 0 spiro atoms. The third-order valence-corrected chi connectivity index (χ3v) is 4.53. The molecule has 0 unspecified atom stereocenters. The van der Waals surface area contributed by atoms with E-state index in [9.17, 15) is 0 Å². The van der Waals surface area contributed by atoms with Gasteiger partial charge in [0.2, 0.25) is 0 Å². The third-order valence-electron chi connectivity index (χ3n) is 3.15. The second-order valence-corrected chi connectivity index (χ2v) is 5.80. The van der Waals surface area contributed by atoms with Crippen molar-refractivity contribution in [3.05, 3.63) is 0 Å². The van der Waals surface area contributed by atoms with Gasteiger partial charge in [0, 0.05) is 10.8 Å². The summed E-state index contributed by atoms with van der Waals surface area (Å²) >= 11 is 2.17. The van der Waals surface area contributed by atoms with E-state index in [0.717, 1.165) is 5.25 Å². The summed E-state index contributed by atoms with van der Waals surface area (Å²) in [6.45, 7) is 0. The van der Waals surface area contributed by atoms with Gasteiger partial charge in [0.05, 0.1) is 0 Å². The lowest BCUT2D eigenvalue weighted by atomic mass is 10.2. The molecule has 0 heterocycles. The smallest absolute Gasteiger partial charge is 0.0163 e. The minimum absolute atomic E-state index is 0.283. The van der Waals surface area contributed by atoms with Crippen molar-refractivity contribution in [2.45, 2.75) is 55.7 Å². The minimum Gasteiger partial charge on any atom is -0.325 e. The van der Waals surface area contributed by atoms with Crippen LogP contribution in [-0.2, 0) is 0 Å². The fourth-order valence-corrected chi connectivity index (χ4v) is 3.42. The Bertz CT molecular complexity index is 148. The maximum atomic E-state index is 6.02. The number of nitrogens with two attached hydrogens (primary N) is 1. The summed E-state index contributed by atoms with van der Waals surface area (Å²) in [6.07, 6.45) is 9.66. The molecule has 70 valence electrons. The number of hydrogen-bond acceptors (Lipinski definition) is 2. The summed E-state index contributed by atoms with van der Waals surface area (Å²) in [5, 5.41) is 0.979. The molecule has 1 nitrogen and oxygen atoms in total. The first-order valence-corrected chi connectivity index (χ1v) is 6.24. The molecule has 12 heavy (non-hydrogen) atoms. The molecule has 2 saturated carbocycles. The molecular formula is C10H19NS. The van der Waals surface area contributed by atoms with Gasteiger partial charge in [-0.2, -0.15) is 11.8 Å². The van der Waals surface area contributed by atoms with Crippen LogP contribution >= 0.6 is 11.8 Å². The predicted octanol–water partition coefficient (Wildman–Crippen LogP) is 2.54. The van der Waals surface area contributed by atoms with E-state index in [0.29, 0.717) is 0 Å². The molecule has 0 bridgehead atoms. The van der Waals surface area contributed by atoms with Crippen molar-refractivity contribution < 1.29 is 0 Å². The highest BCUT2D eigenvalue weighted by molar-refractivity contribution is 7.99. The number of rotatable bonds is 4. The molecule has 2 heteroatoms. The Hall–Kier alpha value is 0.310. The summed E-state index contributed by atoms with van der Waals surface area (Å²) in [7, 11) is 0. The molecule has 2 rings (SSSR count). The van der Waals surface area contributed by atoms with Gasteiger partial charge >= 0.3 is 0 Å². The maximum absolute atomic E-state index is 6.02. The summed E-state index contributed by atoms with van der Waals surface area (Å²) in [4.78, 5) is 0. The fraction of sp³-hybridized carbons (Fsp3) is 1.00. The van der Waals surface area contributed by atoms with Crippen LogP contribution in [0.4, 0.5) is 0 Å². The van der Waals surface area contributed by atoms with Crippen LogP contribution < -0.4 is 5.73 Å².